The molecule has 3 heteroatoms. The van der Waals surface area contributed by atoms with Gasteiger partial charge in [-0.15, -0.1) is 0 Å². The largest absolute Gasteiger partial charge is 0.377 e. The topological polar surface area (TPSA) is 44.3 Å². The molecular formula is C5H12N2O. The number of hydrogen-bond acceptors (Lipinski definition) is 3. The van der Waals surface area contributed by atoms with E-state index in [4.69, 9.17) is 5.11 Å². The number of rotatable bonds is 0. The van der Waals surface area contributed by atoms with E-state index in [1.165, 1.54) is 0 Å². The second kappa shape index (κ2) is 2.44. The number of aliphatic hydroxyl groups excluding tert-OH is 1. The van der Waals surface area contributed by atoms with Crippen LogP contribution in [0.15, 0.2) is 0 Å². The zero-order valence-corrected chi connectivity index (χ0v) is 5.02. The molecule has 1 saturated heterocycles. The summed E-state index contributed by atoms with van der Waals surface area (Å²) in [6.07, 6.45) is 0.692. The van der Waals surface area contributed by atoms with E-state index in [1.807, 2.05) is 6.92 Å². The summed E-state index contributed by atoms with van der Waals surface area (Å²) in [7, 11) is 0. The smallest absolute Gasteiger partial charge is 0.119 e. The zero-order valence-electron chi connectivity index (χ0n) is 5.02. The van der Waals surface area contributed by atoms with Crippen molar-refractivity contribution in [2.75, 3.05) is 6.54 Å². The molecule has 1 fully saturated rings. The molecule has 8 heavy (non-hydrogen) atoms. The fraction of sp³-hybridized carbons (Fsp3) is 1.00. The van der Waals surface area contributed by atoms with Crippen molar-refractivity contribution in [2.45, 2.75) is 19.6 Å². The van der Waals surface area contributed by atoms with Crippen LogP contribution in [-0.2, 0) is 0 Å². The van der Waals surface area contributed by atoms with Crippen molar-refractivity contribution in [3.05, 3.63) is 0 Å². The quantitative estimate of drug-likeness (QED) is 0.397. The standard InChI is InChI=1S/C5H12N2O/c1-4-2-3-6-7-5(4)8/h4-8H,2-3H2,1H3/t4-,5?/m0/s1. The molecule has 3 N–H and O–H groups in total. The van der Waals surface area contributed by atoms with Gasteiger partial charge in [-0.05, 0) is 12.3 Å². The molecular weight excluding hydrogens is 104 g/mol. The maximum atomic E-state index is 9.00. The fourth-order valence-electron chi connectivity index (χ4n) is 0.777. The first-order valence-electron chi connectivity index (χ1n) is 2.97. The highest BCUT2D eigenvalue weighted by molar-refractivity contribution is 4.65. The van der Waals surface area contributed by atoms with Crippen molar-refractivity contribution in [3.63, 3.8) is 0 Å². The van der Waals surface area contributed by atoms with E-state index in [1.54, 1.807) is 0 Å². The lowest BCUT2D eigenvalue weighted by molar-refractivity contribution is 0.0411. The molecule has 0 bridgehead atoms. The highest BCUT2D eigenvalue weighted by Crippen LogP contribution is 2.06. The van der Waals surface area contributed by atoms with Crippen LogP contribution in [0.3, 0.4) is 0 Å². The van der Waals surface area contributed by atoms with Crippen LogP contribution >= 0.6 is 0 Å². The van der Waals surface area contributed by atoms with Crippen molar-refractivity contribution < 1.29 is 5.11 Å². The lowest BCUT2D eigenvalue weighted by atomic mass is 10.1. The van der Waals surface area contributed by atoms with Crippen LogP contribution in [0.25, 0.3) is 0 Å². The van der Waals surface area contributed by atoms with Crippen LogP contribution in [0.2, 0.25) is 0 Å². The molecule has 0 radical (unpaired) electrons. The van der Waals surface area contributed by atoms with Gasteiger partial charge in [0.25, 0.3) is 0 Å². The average molecular weight is 116 g/mol. The Morgan fingerprint density at radius 2 is 2.38 bits per heavy atom. The molecule has 0 aromatic carbocycles. The molecule has 1 rings (SSSR count). The summed E-state index contributed by atoms with van der Waals surface area (Å²) in [5, 5.41) is 9.00. The van der Waals surface area contributed by atoms with E-state index < -0.39 is 0 Å². The highest BCUT2D eigenvalue weighted by atomic mass is 16.3. The van der Waals surface area contributed by atoms with E-state index in [0.29, 0.717) is 5.92 Å². The summed E-state index contributed by atoms with van der Waals surface area (Å²) in [5.74, 6) is 0.385. The molecule has 2 atom stereocenters. The molecule has 1 unspecified atom stereocenters. The van der Waals surface area contributed by atoms with Gasteiger partial charge in [0.05, 0.1) is 0 Å². The van der Waals surface area contributed by atoms with Gasteiger partial charge >= 0.3 is 0 Å². The van der Waals surface area contributed by atoms with E-state index in [0.717, 1.165) is 13.0 Å². The Morgan fingerprint density at radius 3 is 2.75 bits per heavy atom. The van der Waals surface area contributed by atoms with Crippen LogP contribution in [0.5, 0.6) is 0 Å². The van der Waals surface area contributed by atoms with Crippen LogP contribution < -0.4 is 10.9 Å². The van der Waals surface area contributed by atoms with Crippen LogP contribution in [0.1, 0.15) is 13.3 Å². The number of aliphatic hydroxyl groups is 1. The third-order valence-corrected chi connectivity index (χ3v) is 1.51. The van der Waals surface area contributed by atoms with Gasteiger partial charge in [0.2, 0.25) is 0 Å². The van der Waals surface area contributed by atoms with Gasteiger partial charge in [-0.3, -0.25) is 5.43 Å². The summed E-state index contributed by atoms with van der Waals surface area (Å²) < 4.78 is 0. The molecule has 1 heterocycles. The maximum absolute atomic E-state index is 9.00. The van der Waals surface area contributed by atoms with Gasteiger partial charge in [0.15, 0.2) is 0 Å². The predicted molar refractivity (Wildman–Crippen MR) is 30.9 cm³/mol. The number of nitrogens with one attached hydrogen (secondary N) is 2. The van der Waals surface area contributed by atoms with Crippen molar-refractivity contribution in [2.24, 2.45) is 5.92 Å². The second-order valence-electron chi connectivity index (χ2n) is 2.28. The summed E-state index contributed by atoms with van der Waals surface area (Å²) in [4.78, 5) is 0. The van der Waals surface area contributed by atoms with Gasteiger partial charge in [-0.25, -0.2) is 5.43 Å². The Morgan fingerprint density at radius 1 is 1.62 bits per heavy atom. The molecule has 0 saturated carbocycles. The molecule has 3 nitrogen and oxygen atoms in total. The maximum Gasteiger partial charge on any atom is 0.119 e. The lowest BCUT2D eigenvalue weighted by Gasteiger charge is -2.25. The average Bonchev–Trinajstić information content (AvgIpc) is 1.77. The molecule has 1 aliphatic rings. The molecule has 0 aromatic rings. The summed E-state index contributed by atoms with van der Waals surface area (Å²) >= 11 is 0. The molecule has 48 valence electrons. The fourth-order valence-corrected chi connectivity index (χ4v) is 0.777. The van der Waals surface area contributed by atoms with Gasteiger partial charge in [0.1, 0.15) is 6.23 Å². The van der Waals surface area contributed by atoms with E-state index in [-0.39, 0.29) is 6.23 Å². The highest BCUT2D eigenvalue weighted by Gasteiger charge is 2.16. The SMILES string of the molecule is C[C@H]1CCNNC1O. The predicted octanol–water partition coefficient (Wildman–Crippen LogP) is -0.561. The molecule has 0 aromatic heterocycles. The van der Waals surface area contributed by atoms with Crippen molar-refractivity contribution in [1.29, 1.82) is 0 Å². The Labute approximate surface area is 49.1 Å². The Kier molecular flexibility index (Phi) is 1.83. The van der Waals surface area contributed by atoms with Crippen molar-refractivity contribution in [3.8, 4) is 0 Å². The van der Waals surface area contributed by atoms with Crippen molar-refractivity contribution in [1.82, 2.24) is 10.9 Å². The summed E-state index contributed by atoms with van der Waals surface area (Å²) in [6, 6.07) is 0. The number of hydrogen-bond donors (Lipinski definition) is 3. The minimum Gasteiger partial charge on any atom is -0.377 e. The van der Waals surface area contributed by atoms with Crippen LogP contribution in [-0.4, -0.2) is 17.9 Å². The van der Waals surface area contributed by atoms with E-state index in [9.17, 15) is 0 Å². The Hall–Kier alpha value is -0.120. The monoisotopic (exact) mass is 116 g/mol. The lowest BCUT2D eigenvalue weighted by Crippen LogP contribution is -2.49. The van der Waals surface area contributed by atoms with Gasteiger partial charge in [0, 0.05) is 6.54 Å². The number of hydrazine groups is 1. The third kappa shape index (κ3) is 1.18. The summed E-state index contributed by atoms with van der Waals surface area (Å²) in [5.41, 5.74) is 5.60. The first-order valence-corrected chi connectivity index (χ1v) is 2.97. The first-order chi connectivity index (χ1) is 3.80. The van der Waals surface area contributed by atoms with Gasteiger partial charge in [-0.1, -0.05) is 6.92 Å². The van der Waals surface area contributed by atoms with Crippen molar-refractivity contribution >= 4 is 0 Å². The zero-order chi connectivity index (χ0) is 5.98. The normalized spacial score (nSPS) is 39.8. The second-order valence-corrected chi connectivity index (χ2v) is 2.28. The molecule has 0 aliphatic carbocycles. The summed E-state index contributed by atoms with van der Waals surface area (Å²) in [6.45, 7) is 2.98. The van der Waals surface area contributed by atoms with E-state index >= 15 is 0 Å². The minimum absolute atomic E-state index is 0.358. The minimum atomic E-state index is -0.358. The first kappa shape index (κ1) is 6.01. The molecule has 0 spiro atoms. The Balaban J connectivity index is 2.28. The van der Waals surface area contributed by atoms with Gasteiger partial charge in [-0.2, -0.15) is 0 Å². The third-order valence-electron chi connectivity index (χ3n) is 1.51. The van der Waals surface area contributed by atoms with Crippen LogP contribution in [0.4, 0.5) is 0 Å². The van der Waals surface area contributed by atoms with Crippen LogP contribution in [0, 0.1) is 5.92 Å². The Bertz CT molecular complexity index is 66.8. The van der Waals surface area contributed by atoms with E-state index in [2.05, 4.69) is 10.9 Å². The molecule has 0 amide bonds. The molecule has 1 aliphatic heterocycles. The van der Waals surface area contributed by atoms with Gasteiger partial charge < -0.3 is 5.11 Å².